The molecule has 2 aromatic rings. The van der Waals surface area contributed by atoms with Gasteiger partial charge in [-0.25, -0.2) is 4.79 Å². The zero-order chi connectivity index (χ0) is 13.4. The van der Waals surface area contributed by atoms with Crippen molar-refractivity contribution in [3.63, 3.8) is 0 Å². The minimum absolute atomic E-state index is 0.363. The standard InChI is InChI=1S/C16H17NO2/c1-2-11-3-5-12(6-4-11)14-9-10-15(16(18)19)17(14)13-7-8-13/h3-6,9-10,13H,2,7-8H2,1H3,(H,18,19). The molecule has 0 bridgehead atoms. The number of aromatic nitrogens is 1. The van der Waals surface area contributed by atoms with Gasteiger partial charge < -0.3 is 9.67 Å². The van der Waals surface area contributed by atoms with Crippen LogP contribution in [0.2, 0.25) is 0 Å². The molecule has 1 saturated carbocycles. The molecular formula is C16H17NO2. The van der Waals surface area contributed by atoms with Crippen molar-refractivity contribution in [2.75, 3.05) is 0 Å². The van der Waals surface area contributed by atoms with Gasteiger partial charge in [-0.15, -0.1) is 0 Å². The Bertz CT molecular complexity index is 606. The Morgan fingerprint density at radius 1 is 1.21 bits per heavy atom. The highest BCUT2D eigenvalue weighted by atomic mass is 16.4. The van der Waals surface area contributed by atoms with Gasteiger partial charge in [0.15, 0.2) is 0 Å². The summed E-state index contributed by atoms with van der Waals surface area (Å²) in [5.41, 5.74) is 3.81. The second-order valence-corrected chi connectivity index (χ2v) is 5.06. The third-order valence-corrected chi connectivity index (χ3v) is 3.71. The predicted octanol–water partition coefficient (Wildman–Crippen LogP) is 3.75. The number of carboxylic acid groups (broad SMARTS) is 1. The van der Waals surface area contributed by atoms with Gasteiger partial charge in [-0.05, 0) is 42.5 Å². The van der Waals surface area contributed by atoms with Crippen LogP contribution in [0.15, 0.2) is 36.4 Å². The van der Waals surface area contributed by atoms with E-state index in [1.165, 1.54) is 5.56 Å². The van der Waals surface area contributed by atoms with Crippen LogP contribution < -0.4 is 0 Å². The highest BCUT2D eigenvalue weighted by molar-refractivity contribution is 5.87. The maximum absolute atomic E-state index is 11.3. The summed E-state index contributed by atoms with van der Waals surface area (Å²) >= 11 is 0. The largest absolute Gasteiger partial charge is 0.477 e. The average Bonchev–Trinajstić information content (AvgIpc) is 3.17. The van der Waals surface area contributed by atoms with Gasteiger partial charge in [-0.1, -0.05) is 31.2 Å². The average molecular weight is 255 g/mol. The van der Waals surface area contributed by atoms with Crippen molar-refractivity contribution in [2.24, 2.45) is 0 Å². The quantitative estimate of drug-likeness (QED) is 0.904. The lowest BCUT2D eigenvalue weighted by Gasteiger charge is -2.11. The summed E-state index contributed by atoms with van der Waals surface area (Å²) in [5.74, 6) is -0.844. The van der Waals surface area contributed by atoms with Crippen molar-refractivity contribution in [2.45, 2.75) is 32.2 Å². The monoisotopic (exact) mass is 255 g/mol. The molecule has 98 valence electrons. The molecule has 0 atom stereocenters. The zero-order valence-corrected chi connectivity index (χ0v) is 11.0. The number of carbonyl (C=O) groups is 1. The molecule has 0 unspecified atom stereocenters. The first kappa shape index (κ1) is 12.0. The molecule has 1 N–H and O–H groups in total. The number of carboxylic acids is 1. The lowest BCUT2D eigenvalue weighted by molar-refractivity contribution is 0.0685. The first-order valence-electron chi connectivity index (χ1n) is 6.74. The summed E-state index contributed by atoms with van der Waals surface area (Å²) in [6.45, 7) is 2.13. The summed E-state index contributed by atoms with van der Waals surface area (Å²) < 4.78 is 1.98. The van der Waals surface area contributed by atoms with E-state index in [2.05, 4.69) is 31.2 Å². The molecule has 3 nitrogen and oxygen atoms in total. The zero-order valence-electron chi connectivity index (χ0n) is 11.0. The molecule has 1 aromatic heterocycles. The van der Waals surface area contributed by atoms with Crippen LogP contribution in [0.5, 0.6) is 0 Å². The third kappa shape index (κ3) is 2.16. The van der Waals surface area contributed by atoms with Crippen LogP contribution >= 0.6 is 0 Å². The van der Waals surface area contributed by atoms with Crippen LogP contribution in [0, 0.1) is 0 Å². The SMILES string of the molecule is CCc1ccc(-c2ccc(C(=O)O)n2C2CC2)cc1. The smallest absolute Gasteiger partial charge is 0.352 e. The van der Waals surface area contributed by atoms with Crippen molar-refractivity contribution < 1.29 is 9.90 Å². The van der Waals surface area contributed by atoms with Gasteiger partial charge in [-0.2, -0.15) is 0 Å². The number of aryl methyl sites for hydroxylation is 1. The van der Waals surface area contributed by atoms with E-state index >= 15 is 0 Å². The fourth-order valence-corrected chi connectivity index (χ4v) is 2.50. The highest BCUT2D eigenvalue weighted by Gasteiger charge is 2.29. The van der Waals surface area contributed by atoms with Gasteiger partial charge in [-0.3, -0.25) is 0 Å². The molecule has 19 heavy (non-hydrogen) atoms. The Balaban J connectivity index is 2.06. The molecule has 1 heterocycles. The molecule has 1 aliphatic carbocycles. The van der Waals surface area contributed by atoms with Gasteiger partial charge in [0.2, 0.25) is 0 Å². The van der Waals surface area contributed by atoms with Gasteiger partial charge >= 0.3 is 5.97 Å². The van der Waals surface area contributed by atoms with Crippen LogP contribution in [-0.4, -0.2) is 15.6 Å². The fraction of sp³-hybridized carbons (Fsp3) is 0.312. The number of hydrogen-bond acceptors (Lipinski definition) is 1. The lowest BCUT2D eigenvalue weighted by atomic mass is 10.1. The molecule has 1 fully saturated rings. The number of aromatic carboxylic acids is 1. The van der Waals surface area contributed by atoms with Crippen LogP contribution in [0.3, 0.4) is 0 Å². The van der Waals surface area contributed by atoms with Crippen molar-refractivity contribution in [1.82, 2.24) is 4.57 Å². The summed E-state index contributed by atoms with van der Waals surface area (Å²) in [4.78, 5) is 11.3. The van der Waals surface area contributed by atoms with E-state index in [-0.39, 0.29) is 0 Å². The summed E-state index contributed by atoms with van der Waals surface area (Å²) in [7, 11) is 0. The Morgan fingerprint density at radius 3 is 2.42 bits per heavy atom. The van der Waals surface area contributed by atoms with Crippen molar-refractivity contribution in [1.29, 1.82) is 0 Å². The molecule has 0 radical (unpaired) electrons. The molecule has 0 spiro atoms. The summed E-state index contributed by atoms with van der Waals surface area (Å²) in [6, 6.07) is 12.4. The van der Waals surface area contributed by atoms with Crippen molar-refractivity contribution >= 4 is 5.97 Å². The minimum atomic E-state index is -0.844. The molecule has 0 aliphatic heterocycles. The van der Waals surface area contributed by atoms with E-state index in [4.69, 9.17) is 0 Å². The second-order valence-electron chi connectivity index (χ2n) is 5.06. The molecule has 1 aromatic carbocycles. The van der Waals surface area contributed by atoms with Crippen LogP contribution in [0.25, 0.3) is 11.3 Å². The number of benzene rings is 1. The van der Waals surface area contributed by atoms with Crippen molar-refractivity contribution in [3.05, 3.63) is 47.7 Å². The Kier molecular flexibility index (Phi) is 2.90. The lowest BCUT2D eigenvalue weighted by Crippen LogP contribution is -2.08. The first-order valence-corrected chi connectivity index (χ1v) is 6.74. The van der Waals surface area contributed by atoms with Crippen LogP contribution in [0.4, 0.5) is 0 Å². The normalized spacial score (nSPS) is 14.6. The van der Waals surface area contributed by atoms with Crippen molar-refractivity contribution in [3.8, 4) is 11.3 Å². The van der Waals surface area contributed by atoms with Gasteiger partial charge in [0.25, 0.3) is 0 Å². The van der Waals surface area contributed by atoms with E-state index in [9.17, 15) is 9.90 Å². The number of hydrogen-bond donors (Lipinski definition) is 1. The summed E-state index contributed by atoms with van der Waals surface area (Å²) in [6.07, 6.45) is 3.17. The maximum Gasteiger partial charge on any atom is 0.352 e. The van der Waals surface area contributed by atoms with E-state index < -0.39 is 5.97 Å². The molecule has 3 rings (SSSR count). The number of rotatable bonds is 4. The molecule has 0 amide bonds. The number of nitrogens with zero attached hydrogens (tertiary/aromatic N) is 1. The van der Waals surface area contributed by atoms with E-state index in [1.807, 2.05) is 10.6 Å². The van der Waals surface area contributed by atoms with Crippen LogP contribution in [0.1, 0.15) is 41.9 Å². The van der Waals surface area contributed by atoms with Gasteiger partial charge in [0, 0.05) is 11.7 Å². The van der Waals surface area contributed by atoms with E-state index in [0.717, 1.165) is 30.5 Å². The molecule has 1 aliphatic rings. The maximum atomic E-state index is 11.3. The molecule has 0 saturated heterocycles. The van der Waals surface area contributed by atoms with E-state index in [1.54, 1.807) is 6.07 Å². The Hall–Kier alpha value is -2.03. The Morgan fingerprint density at radius 2 is 1.89 bits per heavy atom. The van der Waals surface area contributed by atoms with Gasteiger partial charge in [0.1, 0.15) is 5.69 Å². The second kappa shape index (κ2) is 4.57. The summed E-state index contributed by atoms with van der Waals surface area (Å²) in [5, 5.41) is 9.26. The first-order chi connectivity index (χ1) is 9.20. The van der Waals surface area contributed by atoms with E-state index in [0.29, 0.717) is 11.7 Å². The highest BCUT2D eigenvalue weighted by Crippen LogP contribution is 2.40. The minimum Gasteiger partial charge on any atom is -0.477 e. The van der Waals surface area contributed by atoms with Gasteiger partial charge in [0.05, 0.1) is 0 Å². The molecular weight excluding hydrogens is 238 g/mol. The third-order valence-electron chi connectivity index (χ3n) is 3.71. The topological polar surface area (TPSA) is 42.2 Å². The Labute approximate surface area is 112 Å². The molecule has 3 heteroatoms. The fourth-order valence-electron chi connectivity index (χ4n) is 2.50. The predicted molar refractivity (Wildman–Crippen MR) is 74.5 cm³/mol. The van der Waals surface area contributed by atoms with Crippen LogP contribution in [-0.2, 0) is 6.42 Å².